The minimum Gasteiger partial charge on any atom is -0.437 e. The quantitative estimate of drug-likeness (QED) is 0.684. The van der Waals surface area contributed by atoms with Crippen molar-refractivity contribution in [1.29, 1.82) is 0 Å². The second-order valence-corrected chi connectivity index (χ2v) is 4.73. The summed E-state index contributed by atoms with van der Waals surface area (Å²) >= 11 is 0. The summed E-state index contributed by atoms with van der Waals surface area (Å²) in [5.41, 5.74) is 0. The molecule has 0 radical (unpaired) electrons. The maximum atomic E-state index is 12.0. The van der Waals surface area contributed by atoms with Gasteiger partial charge in [0.15, 0.2) is 0 Å². The standard InChI is InChI=1S/C11H23BN2O2/c1-4-6-9(2)13-11(15)10-7-5-8-14(10)12(3)16/h9-10,16H,4-8H2,1-3H3,(H,13,15). The molecule has 0 aromatic heterocycles. The highest BCUT2D eigenvalue weighted by atomic mass is 16.2. The first-order chi connectivity index (χ1) is 7.56. The molecule has 5 heteroatoms. The molecule has 1 rings (SSSR count). The van der Waals surface area contributed by atoms with Crippen molar-refractivity contribution in [3.05, 3.63) is 0 Å². The van der Waals surface area contributed by atoms with Crippen LogP contribution in [0.4, 0.5) is 0 Å². The van der Waals surface area contributed by atoms with E-state index in [1.54, 1.807) is 6.82 Å². The molecule has 1 aliphatic rings. The molecule has 0 bridgehead atoms. The van der Waals surface area contributed by atoms with Crippen LogP contribution in [0.15, 0.2) is 0 Å². The van der Waals surface area contributed by atoms with Gasteiger partial charge < -0.3 is 15.2 Å². The molecule has 1 amide bonds. The number of carbonyl (C=O) groups excluding carboxylic acids is 1. The molecule has 0 aliphatic carbocycles. The maximum Gasteiger partial charge on any atom is 0.377 e. The largest absolute Gasteiger partial charge is 0.437 e. The lowest BCUT2D eigenvalue weighted by molar-refractivity contribution is -0.125. The van der Waals surface area contributed by atoms with E-state index in [0.717, 1.165) is 32.2 Å². The van der Waals surface area contributed by atoms with E-state index in [-0.39, 0.29) is 18.0 Å². The summed E-state index contributed by atoms with van der Waals surface area (Å²) in [5, 5.41) is 12.6. The molecule has 2 atom stereocenters. The second kappa shape index (κ2) is 6.25. The van der Waals surface area contributed by atoms with Gasteiger partial charge in [0.1, 0.15) is 0 Å². The Kier molecular flexibility index (Phi) is 5.28. The zero-order chi connectivity index (χ0) is 12.1. The molecular weight excluding hydrogens is 203 g/mol. The van der Waals surface area contributed by atoms with Gasteiger partial charge in [-0.15, -0.1) is 0 Å². The fourth-order valence-electron chi connectivity index (χ4n) is 2.36. The summed E-state index contributed by atoms with van der Waals surface area (Å²) in [7, 11) is -0.528. The Morgan fingerprint density at radius 2 is 2.38 bits per heavy atom. The number of carbonyl (C=O) groups is 1. The third kappa shape index (κ3) is 3.49. The predicted octanol–water partition coefficient (Wildman–Crippen LogP) is 0.866. The molecule has 0 aromatic rings. The summed E-state index contributed by atoms with van der Waals surface area (Å²) in [5.74, 6) is 0.0688. The molecule has 1 aliphatic heterocycles. The lowest BCUT2D eigenvalue weighted by Crippen LogP contribution is -2.50. The van der Waals surface area contributed by atoms with Crippen LogP contribution in [0.25, 0.3) is 0 Å². The van der Waals surface area contributed by atoms with Crippen molar-refractivity contribution in [1.82, 2.24) is 10.1 Å². The van der Waals surface area contributed by atoms with Crippen LogP contribution < -0.4 is 5.32 Å². The molecule has 2 unspecified atom stereocenters. The van der Waals surface area contributed by atoms with E-state index < -0.39 is 7.05 Å². The highest BCUT2D eigenvalue weighted by Gasteiger charge is 2.34. The monoisotopic (exact) mass is 226 g/mol. The first-order valence-corrected chi connectivity index (χ1v) is 6.30. The van der Waals surface area contributed by atoms with Crippen LogP contribution in [0.5, 0.6) is 0 Å². The van der Waals surface area contributed by atoms with Crippen LogP contribution in [-0.4, -0.2) is 41.4 Å². The third-order valence-corrected chi connectivity index (χ3v) is 3.19. The molecule has 1 saturated heterocycles. The van der Waals surface area contributed by atoms with E-state index >= 15 is 0 Å². The molecule has 0 spiro atoms. The van der Waals surface area contributed by atoms with E-state index in [0.29, 0.717) is 0 Å². The predicted molar refractivity (Wildman–Crippen MR) is 66.1 cm³/mol. The van der Waals surface area contributed by atoms with Crippen molar-refractivity contribution in [2.45, 2.75) is 58.4 Å². The van der Waals surface area contributed by atoms with Crippen molar-refractivity contribution in [2.24, 2.45) is 0 Å². The molecule has 4 nitrogen and oxygen atoms in total. The molecule has 1 fully saturated rings. The van der Waals surface area contributed by atoms with Gasteiger partial charge in [-0.2, -0.15) is 0 Å². The van der Waals surface area contributed by atoms with Crippen LogP contribution in [0.2, 0.25) is 6.82 Å². The number of nitrogens with zero attached hydrogens (tertiary/aromatic N) is 1. The number of hydrogen-bond donors (Lipinski definition) is 2. The molecule has 92 valence electrons. The van der Waals surface area contributed by atoms with Crippen LogP contribution in [0.3, 0.4) is 0 Å². The topological polar surface area (TPSA) is 52.6 Å². The van der Waals surface area contributed by atoms with Crippen molar-refractivity contribution in [2.75, 3.05) is 6.54 Å². The lowest BCUT2D eigenvalue weighted by Gasteiger charge is -2.25. The summed E-state index contributed by atoms with van der Waals surface area (Å²) < 4.78 is 0. The van der Waals surface area contributed by atoms with Gasteiger partial charge >= 0.3 is 7.05 Å². The maximum absolute atomic E-state index is 12.0. The molecule has 16 heavy (non-hydrogen) atoms. The fourth-order valence-corrected chi connectivity index (χ4v) is 2.36. The molecule has 1 heterocycles. The van der Waals surface area contributed by atoms with Gasteiger partial charge in [-0.25, -0.2) is 0 Å². The van der Waals surface area contributed by atoms with Gasteiger partial charge in [-0.1, -0.05) is 13.3 Å². The van der Waals surface area contributed by atoms with Crippen molar-refractivity contribution >= 4 is 13.0 Å². The first-order valence-electron chi connectivity index (χ1n) is 6.30. The van der Waals surface area contributed by atoms with E-state index in [1.165, 1.54) is 0 Å². The van der Waals surface area contributed by atoms with Crippen molar-refractivity contribution in [3.63, 3.8) is 0 Å². The van der Waals surface area contributed by atoms with Gasteiger partial charge in [0.2, 0.25) is 5.91 Å². The highest BCUT2D eigenvalue weighted by Crippen LogP contribution is 2.18. The number of rotatable bonds is 5. The SMILES string of the molecule is CCCC(C)NC(=O)C1CCCN1B(C)O. The van der Waals surface area contributed by atoms with E-state index in [9.17, 15) is 9.82 Å². The van der Waals surface area contributed by atoms with Crippen molar-refractivity contribution < 1.29 is 9.82 Å². The number of nitrogens with one attached hydrogen (secondary N) is 1. The lowest BCUT2D eigenvalue weighted by atomic mass is 9.84. The molecular formula is C11H23BN2O2. The Labute approximate surface area is 98.5 Å². The van der Waals surface area contributed by atoms with Gasteiger partial charge in [-0.05, 0) is 39.6 Å². The summed E-state index contributed by atoms with van der Waals surface area (Å²) in [6, 6.07) is 0.0910. The Bertz CT molecular complexity index is 236. The zero-order valence-corrected chi connectivity index (χ0v) is 10.6. The van der Waals surface area contributed by atoms with Crippen LogP contribution in [-0.2, 0) is 4.79 Å². The van der Waals surface area contributed by atoms with E-state index in [1.807, 2.05) is 11.7 Å². The first kappa shape index (κ1) is 13.5. The summed E-state index contributed by atoms with van der Waals surface area (Å²) in [4.78, 5) is 13.9. The molecule has 2 N–H and O–H groups in total. The Morgan fingerprint density at radius 3 is 2.94 bits per heavy atom. The highest BCUT2D eigenvalue weighted by molar-refractivity contribution is 6.45. The average molecular weight is 226 g/mol. The third-order valence-electron chi connectivity index (χ3n) is 3.19. The molecule has 0 saturated carbocycles. The second-order valence-electron chi connectivity index (χ2n) is 4.73. The smallest absolute Gasteiger partial charge is 0.377 e. The van der Waals surface area contributed by atoms with Crippen LogP contribution >= 0.6 is 0 Å². The molecule has 0 aromatic carbocycles. The minimum absolute atomic E-state index is 0.0688. The Balaban J connectivity index is 2.46. The zero-order valence-electron chi connectivity index (χ0n) is 10.6. The van der Waals surface area contributed by atoms with Crippen LogP contribution in [0.1, 0.15) is 39.5 Å². The van der Waals surface area contributed by atoms with Crippen molar-refractivity contribution in [3.8, 4) is 0 Å². The van der Waals surface area contributed by atoms with E-state index in [4.69, 9.17) is 0 Å². The Hall–Kier alpha value is -0.545. The summed E-state index contributed by atoms with van der Waals surface area (Å²) in [6.07, 6.45) is 3.93. The summed E-state index contributed by atoms with van der Waals surface area (Å²) in [6.45, 7) is 6.68. The number of hydrogen-bond acceptors (Lipinski definition) is 3. The Morgan fingerprint density at radius 1 is 1.69 bits per heavy atom. The normalized spacial score (nSPS) is 23.1. The van der Waals surface area contributed by atoms with Gasteiger partial charge in [-0.3, -0.25) is 4.79 Å². The average Bonchev–Trinajstić information content (AvgIpc) is 2.65. The van der Waals surface area contributed by atoms with E-state index in [2.05, 4.69) is 12.2 Å². The fraction of sp³-hybridized carbons (Fsp3) is 0.909. The van der Waals surface area contributed by atoms with Gasteiger partial charge in [0.25, 0.3) is 0 Å². The van der Waals surface area contributed by atoms with Gasteiger partial charge in [0.05, 0.1) is 6.04 Å². The van der Waals surface area contributed by atoms with Crippen LogP contribution in [0, 0.1) is 0 Å². The number of amides is 1. The minimum atomic E-state index is -0.528. The van der Waals surface area contributed by atoms with Gasteiger partial charge in [0, 0.05) is 6.04 Å².